The highest BCUT2D eigenvalue weighted by atomic mass is 127. The van der Waals surface area contributed by atoms with Gasteiger partial charge < -0.3 is 13.3 Å². The standard InChI is InChI=1S/C13H21IO3Si/c1-5-15-18(16-6-2,17-7-3)13-9-8-12(14)10-11(13)4/h8-10H,5-7H2,1-4H3. The minimum Gasteiger partial charge on any atom is -0.370 e. The second kappa shape index (κ2) is 7.59. The highest BCUT2D eigenvalue weighted by Gasteiger charge is 2.44. The van der Waals surface area contributed by atoms with Gasteiger partial charge in [-0.05, 0) is 68.0 Å². The predicted molar refractivity (Wildman–Crippen MR) is 84.2 cm³/mol. The summed E-state index contributed by atoms with van der Waals surface area (Å²) in [6.07, 6.45) is 0. The molecule has 0 spiro atoms. The molecule has 0 heterocycles. The lowest BCUT2D eigenvalue weighted by molar-refractivity contribution is 0.0858. The molecule has 1 rings (SSSR count). The maximum Gasteiger partial charge on any atom is 0.537 e. The Bertz CT molecular complexity index is 367. The van der Waals surface area contributed by atoms with Crippen LogP contribution in [0.4, 0.5) is 0 Å². The number of hydrogen-bond acceptors (Lipinski definition) is 3. The van der Waals surface area contributed by atoms with Gasteiger partial charge in [0.15, 0.2) is 0 Å². The van der Waals surface area contributed by atoms with Crippen LogP contribution in [0.15, 0.2) is 18.2 Å². The first-order chi connectivity index (χ1) is 8.59. The number of benzene rings is 1. The van der Waals surface area contributed by atoms with Crippen molar-refractivity contribution in [3.8, 4) is 0 Å². The minimum absolute atomic E-state index is 0.595. The van der Waals surface area contributed by atoms with Gasteiger partial charge in [-0.2, -0.15) is 0 Å². The van der Waals surface area contributed by atoms with Crippen LogP contribution < -0.4 is 5.19 Å². The van der Waals surface area contributed by atoms with Crippen molar-refractivity contribution >= 4 is 36.6 Å². The lowest BCUT2D eigenvalue weighted by Crippen LogP contribution is -2.57. The Morgan fingerprint density at radius 1 is 1.00 bits per heavy atom. The van der Waals surface area contributed by atoms with E-state index < -0.39 is 8.80 Å². The minimum atomic E-state index is -2.74. The van der Waals surface area contributed by atoms with Crippen molar-refractivity contribution in [2.45, 2.75) is 27.7 Å². The Kier molecular flexibility index (Phi) is 6.79. The Morgan fingerprint density at radius 3 is 1.89 bits per heavy atom. The zero-order valence-electron chi connectivity index (χ0n) is 11.5. The molecule has 0 fully saturated rings. The molecular weight excluding hydrogens is 359 g/mol. The molecule has 0 aliphatic carbocycles. The maximum absolute atomic E-state index is 5.91. The Labute approximate surface area is 124 Å². The van der Waals surface area contributed by atoms with E-state index in [0.29, 0.717) is 19.8 Å². The van der Waals surface area contributed by atoms with Crippen molar-refractivity contribution < 1.29 is 13.3 Å². The van der Waals surface area contributed by atoms with Gasteiger partial charge in [-0.25, -0.2) is 0 Å². The van der Waals surface area contributed by atoms with Crippen molar-refractivity contribution in [3.63, 3.8) is 0 Å². The molecule has 0 atom stereocenters. The van der Waals surface area contributed by atoms with E-state index in [1.54, 1.807) is 0 Å². The number of aryl methyl sites for hydroxylation is 1. The van der Waals surface area contributed by atoms with Crippen LogP contribution >= 0.6 is 22.6 Å². The maximum atomic E-state index is 5.91. The highest BCUT2D eigenvalue weighted by Crippen LogP contribution is 2.15. The molecule has 0 aromatic heterocycles. The monoisotopic (exact) mass is 380 g/mol. The van der Waals surface area contributed by atoms with Crippen LogP contribution in [-0.2, 0) is 13.3 Å². The summed E-state index contributed by atoms with van der Waals surface area (Å²) in [6.45, 7) is 9.79. The molecule has 1 aromatic rings. The van der Waals surface area contributed by atoms with Gasteiger partial charge in [0, 0.05) is 28.6 Å². The van der Waals surface area contributed by atoms with Crippen LogP contribution in [0.3, 0.4) is 0 Å². The van der Waals surface area contributed by atoms with Crippen LogP contribution in [0, 0.1) is 10.5 Å². The summed E-state index contributed by atoms with van der Waals surface area (Å²) < 4.78 is 18.9. The molecule has 18 heavy (non-hydrogen) atoms. The van der Waals surface area contributed by atoms with Crippen LogP contribution in [0.5, 0.6) is 0 Å². The summed E-state index contributed by atoms with van der Waals surface area (Å²) in [5, 5.41) is 1.08. The molecule has 0 unspecified atom stereocenters. The van der Waals surface area contributed by atoms with Gasteiger partial charge >= 0.3 is 8.80 Å². The third-order valence-electron chi connectivity index (χ3n) is 2.52. The molecule has 0 amide bonds. The third kappa shape index (κ3) is 3.77. The average Bonchev–Trinajstić information content (AvgIpc) is 2.29. The summed E-state index contributed by atoms with van der Waals surface area (Å²) in [6, 6.07) is 6.28. The number of hydrogen-bond donors (Lipinski definition) is 0. The lowest BCUT2D eigenvalue weighted by Gasteiger charge is -2.29. The average molecular weight is 380 g/mol. The van der Waals surface area contributed by atoms with Crippen LogP contribution in [0.25, 0.3) is 0 Å². The fourth-order valence-electron chi connectivity index (χ4n) is 1.90. The molecule has 0 bridgehead atoms. The van der Waals surface area contributed by atoms with E-state index in [0.717, 1.165) is 5.19 Å². The molecule has 102 valence electrons. The van der Waals surface area contributed by atoms with E-state index in [9.17, 15) is 0 Å². The zero-order chi connectivity index (χ0) is 13.6. The molecule has 1 aromatic carbocycles. The SMILES string of the molecule is CCO[Si](OCC)(OCC)c1ccc(I)cc1C. The molecule has 0 saturated carbocycles. The van der Waals surface area contributed by atoms with Crippen molar-refractivity contribution in [1.29, 1.82) is 0 Å². The fraction of sp³-hybridized carbons (Fsp3) is 0.538. The highest BCUT2D eigenvalue weighted by molar-refractivity contribution is 14.1. The molecule has 5 heteroatoms. The van der Waals surface area contributed by atoms with Crippen molar-refractivity contribution in [3.05, 3.63) is 27.3 Å². The Morgan fingerprint density at radius 2 is 1.50 bits per heavy atom. The van der Waals surface area contributed by atoms with Crippen LogP contribution in [-0.4, -0.2) is 28.6 Å². The quantitative estimate of drug-likeness (QED) is 0.538. The first kappa shape index (κ1) is 16.1. The Hall–Kier alpha value is 0.0469. The van der Waals surface area contributed by atoms with Crippen LogP contribution in [0.2, 0.25) is 0 Å². The van der Waals surface area contributed by atoms with E-state index in [1.165, 1.54) is 9.13 Å². The summed E-state index contributed by atoms with van der Waals surface area (Å²) in [7, 11) is -2.74. The number of halogens is 1. The van der Waals surface area contributed by atoms with E-state index in [2.05, 4.69) is 47.7 Å². The van der Waals surface area contributed by atoms with Crippen molar-refractivity contribution in [2.24, 2.45) is 0 Å². The van der Waals surface area contributed by atoms with E-state index in [4.69, 9.17) is 13.3 Å². The second-order valence-corrected chi connectivity index (χ2v) is 7.58. The molecule has 0 aliphatic heterocycles. The molecule has 0 saturated heterocycles. The summed E-state index contributed by atoms with van der Waals surface area (Å²) in [5.41, 5.74) is 1.17. The predicted octanol–water partition coefficient (Wildman–Crippen LogP) is 2.86. The van der Waals surface area contributed by atoms with Gasteiger partial charge in [0.2, 0.25) is 0 Å². The van der Waals surface area contributed by atoms with Crippen LogP contribution in [0.1, 0.15) is 26.3 Å². The molecule has 3 nitrogen and oxygen atoms in total. The first-order valence-electron chi connectivity index (χ1n) is 6.28. The van der Waals surface area contributed by atoms with Gasteiger partial charge in [-0.1, -0.05) is 6.07 Å². The Balaban J connectivity index is 3.21. The van der Waals surface area contributed by atoms with Gasteiger partial charge in [-0.3, -0.25) is 0 Å². The van der Waals surface area contributed by atoms with Gasteiger partial charge in [0.05, 0.1) is 0 Å². The molecule has 0 N–H and O–H groups in total. The molecule has 0 aliphatic rings. The third-order valence-corrected chi connectivity index (χ3v) is 6.42. The van der Waals surface area contributed by atoms with E-state index in [-0.39, 0.29) is 0 Å². The zero-order valence-corrected chi connectivity index (χ0v) is 14.6. The summed E-state index contributed by atoms with van der Waals surface area (Å²) >= 11 is 2.31. The second-order valence-electron chi connectivity index (χ2n) is 3.81. The van der Waals surface area contributed by atoms with E-state index >= 15 is 0 Å². The number of rotatable bonds is 7. The topological polar surface area (TPSA) is 27.7 Å². The molecule has 0 radical (unpaired) electrons. The smallest absolute Gasteiger partial charge is 0.370 e. The first-order valence-corrected chi connectivity index (χ1v) is 9.08. The molecular formula is C13H21IO3Si. The largest absolute Gasteiger partial charge is 0.537 e. The normalized spacial score (nSPS) is 11.8. The van der Waals surface area contributed by atoms with Gasteiger partial charge in [0.1, 0.15) is 0 Å². The summed E-state index contributed by atoms with van der Waals surface area (Å²) in [4.78, 5) is 0. The van der Waals surface area contributed by atoms with Gasteiger partial charge in [-0.15, -0.1) is 0 Å². The van der Waals surface area contributed by atoms with E-state index in [1.807, 2.05) is 20.8 Å². The lowest BCUT2D eigenvalue weighted by atomic mass is 10.2. The fourth-order valence-corrected chi connectivity index (χ4v) is 5.25. The van der Waals surface area contributed by atoms with Crippen molar-refractivity contribution in [1.82, 2.24) is 0 Å². The van der Waals surface area contributed by atoms with Crippen molar-refractivity contribution in [2.75, 3.05) is 19.8 Å². The van der Waals surface area contributed by atoms with Gasteiger partial charge in [0.25, 0.3) is 0 Å². The summed E-state index contributed by atoms with van der Waals surface area (Å²) in [5.74, 6) is 0.